The molecule has 7 rings (SSSR count). The number of benzene rings is 7. The Bertz CT molecular complexity index is 1620. The Balaban J connectivity index is 1.67. The van der Waals surface area contributed by atoms with E-state index in [9.17, 15) is 0 Å². The summed E-state index contributed by atoms with van der Waals surface area (Å²) in [6.45, 7) is 0. The van der Waals surface area contributed by atoms with Crippen molar-refractivity contribution in [3.05, 3.63) is 109 Å². The van der Waals surface area contributed by atoms with Gasteiger partial charge in [0.2, 0.25) is 0 Å². The fraction of sp³-hybridized carbons (Fsp3) is 0. The first-order chi connectivity index (χ1) is 14.9. The lowest BCUT2D eigenvalue weighted by Crippen LogP contribution is -1.88. The van der Waals surface area contributed by atoms with E-state index in [1.807, 2.05) is 0 Å². The molecule has 0 fully saturated rings. The van der Waals surface area contributed by atoms with Crippen molar-refractivity contribution in [1.29, 1.82) is 0 Å². The van der Waals surface area contributed by atoms with Gasteiger partial charge in [-0.25, -0.2) is 0 Å². The van der Waals surface area contributed by atoms with Gasteiger partial charge in [0.25, 0.3) is 0 Å². The molecule has 0 spiro atoms. The molecule has 30 heavy (non-hydrogen) atoms. The highest BCUT2D eigenvalue weighted by atomic mass is 14.2. The number of fused-ring (bicyclic) bond motifs is 2. The highest BCUT2D eigenvalue weighted by Gasteiger charge is 2.13. The third-order valence-corrected chi connectivity index (χ3v) is 6.52. The molecular formula is C30H18. The minimum absolute atomic E-state index is 1.29. The summed E-state index contributed by atoms with van der Waals surface area (Å²) < 4.78 is 0. The summed E-state index contributed by atoms with van der Waals surface area (Å²) in [5.74, 6) is 0. The van der Waals surface area contributed by atoms with Crippen molar-refractivity contribution in [3.63, 3.8) is 0 Å². The van der Waals surface area contributed by atoms with Gasteiger partial charge in [-0.1, -0.05) is 91.0 Å². The highest BCUT2D eigenvalue weighted by molar-refractivity contribution is 6.24. The van der Waals surface area contributed by atoms with Crippen molar-refractivity contribution in [2.45, 2.75) is 0 Å². The molecule has 0 radical (unpaired) electrons. The first kappa shape index (κ1) is 16.0. The molecule has 7 aromatic rings. The van der Waals surface area contributed by atoms with E-state index < -0.39 is 0 Å². The van der Waals surface area contributed by atoms with Crippen LogP contribution in [0.25, 0.3) is 65.0 Å². The predicted molar refractivity (Wildman–Crippen MR) is 131 cm³/mol. The molecule has 0 aliphatic carbocycles. The molecule has 0 aromatic heterocycles. The van der Waals surface area contributed by atoms with Crippen LogP contribution in [0.4, 0.5) is 0 Å². The number of hydrogen-bond acceptors (Lipinski definition) is 0. The zero-order chi connectivity index (χ0) is 19.7. The van der Waals surface area contributed by atoms with E-state index in [0.717, 1.165) is 0 Å². The van der Waals surface area contributed by atoms with Gasteiger partial charge in [0.15, 0.2) is 0 Å². The third-order valence-electron chi connectivity index (χ3n) is 6.52. The highest BCUT2D eigenvalue weighted by Crippen LogP contribution is 2.41. The zero-order valence-electron chi connectivity index (χ0n) is 16.4. The van der Waals surface area contributed by atoms with Crippen molar-refractivity contribution in [1.82, 2.24) is 0 Å². The molecule has 0 heterocycles. The van der Waals surface area contributed by atoms with Gasteiger partial charge in [-0.2, -0.15) is 0 Å². The van der Waals surface area contributed by atoms with Crippen LogP contribution in [0.15, 0.2) is 109 Å². The van der Waals surface area contributed by atoms with Crippen LogP contribution < -0.4 is 0 Å². The van der Waals surface area contributed by atoms with E-state index in [-0.39, 0.29) is 0 Å². The lowest BCUT2D eigenvalue weighted by molar-refractivity contribution is 1.72. The van der Waals surface area contributed by atoms with E-state index in [0.29, 0.717) is 0 Å². The molecule has 0 N–H and O–H groups in total. The minimum Gasteiger partial charge on any atom is -0.0616 e. The van der Waals surface area contributed by atoms with E-state index >= 15 is 0 Å². The molecule has 0 bridgehead atoms. The summed E-state index contributed by atoms with van der Waals surface area (Å²) in [7, 11) is 0. The van der Waals surface area contributed by atoms with Crippen LogP contribution in [0, 0.1) is 0 Å². The molecule has 0 aliphatic heterocycles. The van der Waals surface area contributed by atoms with Gasteiger partial charge in [0, 0.05) is 0 Å². The first-order valence-electron chi connectivity index (χ1n) is 10.5. The molecule has 0 amide bonds. The molecule has 0 atom stereocenters. The third kappa shape index (κ3) is 2.11. The normalized spacial score (nSPS) is 12.0. The standard InChI is InChI=1S/C30H18/c1-3-10-26-21(6-1)16-22-7-2-4-11-27(22)30(26)25-17-23-14-12-19-8-5-9-20-13-15-24(18-25)29(23)28(19)20/h1-18H. The fourth-order valence-electron chi connectivity index (χ4n) is 5.22. The van der Waals surface area contributed by atoms with Crippen LogP contribution in [-0.4, -0.2) is 0 Å². The van der Waals surface area contributed by atoms with Crippen molar-refractivity contribution >= 4 is 53.9 Å². The fourth-order valence-corrected chi connectivity index (χ4v) is 5.22. The summed E-state index contributed by atoms with van der Waals surface area (Å²) in [4.78, 5) is 0. The van der Waals surface area contributed by atoms with Gasteiger partial charge in [0.05, 0.1) is 0 Å². The quantitative estimate of drug-likeness (QED) is 0.198. The Morgan fingerprint density at radius 1 is 0.333 bits per heavy atom. The van der Waals surface area contributed by atoms with Gasteiger partial charge in [-0.05, 0) is 83.2 Å². The maximum atomic E-state index is 2.38. The van der Waals surface area contributed by atoms with Crippen LogP contribution in [0.5, 0.6) is 0 Å². The summed E-state index contributed by atoms with van der Waals surface area (Å²) in [6, 6.07) is 40.2. The number of rotatable bonds is 1. The SMILES string of the molecule is c1ccc2c(-c3cc4ccc5cccc6ccc(c3)c4c56)c3ccccc3cc2c1. The Morgan fingerprint density at radius 3 is 1.40 bits per heavy atom. The van der Waals surface area contributed by atoms with Gasteiger partial charge in [-0.3, -0.25) is 0 Å². The molecule has 0 saturated carbocycles. The lowest BCUT2D eigenvalue weighted by atomic mass is 9.88. The number of hydrogen-bond donors (Lipinski definition) is 0. The average molecular weight is 378 g/mol. The second kappa shape index (κ2) is 5.81. The zero-order valence-corrected chi connectivity index (χ0v) is 16.4. The Labute approximate surface area is 174 Å². The minimum atomic E-state index is 1.29. The van der Waals surface area contributed by atoms with Gasteiger partial charge in [-0.15, -0.1) is 0 Å². The molecule has 7 aromatic carbocycles. The molecule has 0 saturated heterocycles. The summed E-state index contributed by atoms with van der Waals surface area (Å²) in [5.41, 5.74) is 2.61. The summed E-state index contributed by atoms with van der Waals surface area (Å²) in [6.07, 6.45) is 0. The smallest absolute Gasteiger partial charge is 0.00264 e. The van der Waals surface area contributed by atoms with Crippen LogP contribution >= 0.6 is 0 Å². The van der Waals surface area contributed by atoms with Gasteiger partial charge in [0.1, 0.15) is 0 Å². The maximum Gasteiger partial charge on any atom is -0.00264 e. The molecular weight excluding hydrogens is 360 g/mol. The Morgan fingerprint density at radius 2 is 0.800 bits per heavy atom. The van der Waals surface area contributed by atoms with E-state index in [2.05, 4.69) is 109 Å². The van der Waals surface area contributed by atoms with E-state index in [1.165, 1.54) is 65.0 Å². The van der Waals surface area contributed by atoms with Crippen molar-refractivity contribution in [3.8, 4) is 11.1 Å². The van der Waals surface area contributed by atoms with E-state index in [1.54, 1.807) is 0 Å². The van der Waals surface area contributed by atoms with Crippen LogP contribution in [0.2, 0.25) is 0 Å². The predicted octanol–water partition coefficient (Wildman–Crippen LogP) is 8.56. The van der Waals surface area contributed by atoms with Crippen molar-refractivity contribution < 1.29 is 0 Å². The molecule has 138 valence electrons. The van der Waals surface area contributed by atoms with Crippen molar-refractivity contribution in [2.75, 3.05) is 0 Å². The van der Waals surface area contributed by atoms with Gasteiger partial charge >= 0.3 is 0 Å². The largest absolute Gasteiger partial charge is 0.0616 e. The van der Waals surface area contributed by atoms with Crippen molar-refractivity contribution in [2.24, 2.45) is 0 Å². The molecule has 0 unspecified atom stereocenters. The molecule has 0 heteroatoms. The van der Waals surface area contributed by atoms with Crippen LogP contribution in [0.1, 0.15) is 0 Å². The monoisotopic (exact) mass is 378 g/mol. The lowest BCUT2D eigenvalue weighted by Gasteiger charge is -2.16. The summed E-state index contributed by atoms with van der Waals surface area (Å²) >= 11 is 0. The molecule has 0 nitrogen and oxygen atoms in total. The van der Waals surface area contributed by atoms with Crippen LogP contribution in [-0.2, 0) is 0 Å². The summed E-state index contributed by atoms with van der Waals surface area (Å²) in [5, 5.41) is 13.2. The first-order valence-corrected chi connectivity index (χ1v) is 10.5. The molecule has 0 aliphatic rings. The Hall–Kier alpha value is -3.90. The van der Waals surface area contributed by atoms with Gasteiger partial charge < -0.3 is 0 Å². The van der Waals surface area contributed by atoms with Crippen LogP contribution in [0.3, 0.4) is 0 Å². The second-order valence-corrected chi connectivity index (χ2v) is 8.20. The van der Waals surface area contributed by atoms with E-state index in [4.69, 9.17) is 0 Å². The average Bonchev–Trinajstić information content (AvgIpc) is 2.80. The maximum absolute atomic E-state index is 2.38. The topological polar surface area (TPSA) is 0 Å². The second-order valence-electron chi connectivity index (χ2n) is 8.20. The Kier molecular flexibility index (Phi) is 3.09.